The van der Waals surface area contributed by atoms with E-state index in [-0.39, 0.29) is 31.4 Å². The molecule has 28 heavy (non-hydrogen) atoms. The number of nitrogens with zero attached hydrogens (tertiary/aromatic N) is 2. The van der Waals surface area contributed by atoms with Gasteiger partial charge in [-0.05, 0) is 30.0 Å². The fraction of sp³-hybridized carbons (Fsp3) is 0.579. The maximum Gasteiger partial charge on any atom is 0.414 e. The van der Waals surface area contributed by atoms with Crippen LogP contribution in [0.5, 0.6) is 0 Å². The van der Waals surface area contributed by atoms with Crippen molar-refractivity contribution in [2.24, 2.45) is 11.8 Å². The number of aliphatic hydroxyl groups excluding tert-OH is 1. The van der Waals surface area contributed by atoms with Gasteiger partial charge < -0.3 is 25.4 Å². The summed E-state index contributed by atoms with van der Waals surface area (Å²) in [5, 5.41) is 14.8. The molecule has 3 N–H and O–H groups in total. The Hall–Kier alpha value is -2.39. The molecular weight excluding hydrogens is 367 g/mol. The van der Waals surface area contributed by atoms with Gasteiger partial charge in [0.1, 0.15) is 11.9 Å². The minimum atomic E-state index is -0.539. The number of cyclic esters (lactones) is 1. The molecule has 1 aliphatic carbocycles. The second-order valence-electron chi connectivity index (χ2n) is 7.63. The Balaban J connectivity index is 1.37. The molecule has 8 nitrogen and oxygen atoms in total. The minimum Gasteiger partial charge on any atom is -0.442 e. The van der Waals surface area contributed by atoms with Crippen LogP contribution in [0.1, 0.15) is 6.92 Å². The zero-order valence-electron chi connectivity index (χ0n) is 15.7. The van der Waals surface area contributed by atoms with E-state index in [9.17, 15) is 14.0 Å². The highest BCUT2D eigenvalue weighted by Gasteiger charge is 2.55. The van der Waals surface area contributed by atoms with Gasteiger partial charge in [0.25, 0.3) is 0 Å². The van der Waals surface area contributed by atoms with Gasteiger partial charge in [-0.1, -0.05) is 0 Å². The largest absolute Gasteiger partial charge is 0.442 e. The molecule has 2 heterocycles. The van der Waals surface area contributed by atoms with Crippen molar-refractivity contribution < 1.29 is 23.8 Å². The zero-order valence-corrected chi connectivity index (χ0v) is 15.7. The minimum absolute atomic E-state index is 0.125. The zero-order chi connectivity index (χ0) is 19.8. The average molecular weight is 392 g/mol. The van der Waals surface area contributed by atoms with Gasteiger partial charge in [-0.2, -0.15) is 0 Å². The van der Waals surface area contributed by atoms with E-state index < -0.39 is 12.2 Å². The first-order valence-corrected chi connectivity index (χ1v) is 9.59. The molecule has 0 bridgehead atoms. The van der Waals surface area contributed by atoms with Crippen LogP contribution in [-0.2, 0) is 9.53 Å². The molecule has 0 spiro atoms. The molecule has 3 aliphatic rings. The van der Waals surface area contributed by atoms with Crippen LogP contribution in [0, 0.1) is 17.7 Å². The number of nitrogens with one attached hydrogen (secondary N) is 2. The number of carbonyl (C=O) groups is 2. The number of ether oxygens (including phenoxy) is 1. The molecule has 4 atom stereocenters. The van der Waals surface area contributed by atoms with Gasteiger partial charge >= 0.3 is 6.09 Å². The van der Waals surface area contributed by atoms with Crippen LogP contribution in [0.3, 0.4) is 0 Å². The molecule has 2 aliphatic heterocycles. The molecular formula is C19H25FN4O4. The summed E-state index contributed by atoms with van der Waals surface area (Å²) >= 11 is 0. The molecule has 1 unspecified atom stereocenters. The maximum absolute atomic E-state index is 14.7. The molecule has 1 saturated carbocycles. The quantitative estimate of drug-likeness (QED) is 0.618. The van der Waals surface area contributed by atoms with Gasteiger partial charge in [0, 0.05) is 32.6 Å². The van der Waals surface area contributed by atoms with Crippen LogP contribution in [-0.4, -0.2) is 68.6 Å². The molecule has 4 rings (SSSR count). The van der Waals surface area contributed by atoms with Gasteiger partial charge in [0.05, 0.1) is 31.1 Å². The molecule has 0 aromatic heterocycles. The summed E-state index contributed by atoms with van der Waals surface area (Å²) in [6.45, 7) is 4.19. The van der Waals surface area contributed by atoms with E-state index in [1.165, 1.54) is 17.9 Å². The number of fused-ring (bicyclic) bond motifs is 1. The van der Waals surface area contributed by atoms with Crippen LogP contribution in [0.15, 0.2) is 18.2 Å². The first-order chi connectivity index (χ1) is 13.5. The van der Waals surface area contributed by atoms with E-state index in [0.29, 0.717) is 35.8 Å². The molecule has 2 saturated heterocycles. The first kappa shape index (κ1) is 18.9. The number of carbonyl (C=O) groups excluding carboxylic acids is 2. The third kappa shape index (κ3) is 3.64. The van der Waals surface area contributed by atoms with Crippen LogP contribution in [0.4, 0.5) is 20.6 Å². The van der Waals surface area contributed by atoms with Gasteiger partial charge in [-0.15, -0.1) is 0 Å². The Labute approximate surface area is 162 Å². The summed E-state index contributed by atoms with van der Waals surface area (Å²) in [5.41, 5.74) is 0.989. The topological polar surface area (TPSA) is 94.1 Å². The third-order valence-electron chi connectivity index (χ3n) is 5.72. The number of rotatable bonds is 7. The van der Waals surface area contributed by atoms with Gasteiger partial charge in [0.15, 0.2) is 0 Å². The smallest absolute Gasteiger partial charge is 0.414 e. The number of anilines is 2. The summed E-state index contributed by atoms with van der Waals surface area (Å²) in [7, 11) is 0. The molecule has 1 aromatic carbocycles. The average Bonchev–Trinajstić information content (AvgIpc) is 2.98. The number of aliphatic hydroxyl groups is 1. The Morgan fingerprint density at radius 2 is 2.07 bits per heavy atom. The molecule has 1 aromatic rings. The predicted molar refractivity (Wildman–Crippen MR) is 101 cm³/mol. The highest BCUT2D eigenvalue weighted by Crippen LogP contribution is 2.47. The number of hydrogen-bond donors (Lipinski definition) is 3. The van der Waals surface area contributed by atoms with E-state index >= 15 is 0 Å². The molecule has 0 radical (unpaired) electrons. The van der Waals surface area contributed by atoms with Crippen molar-refractivity contribution in [1.82, 2.24) is 10.6 Å². The second-order valence-corrected chi connectivity index (χ2v) is 7.63. The maximum atomic E-state index is 14.7. The van der Waals surface area contributed by atoms with Crippen LogP contribution in [0.25, 0.3) is 0 Å². The van der Waals surface area contributed by atoms with Gasteiger partial charge in [-0.3, -0.25) is 9.69 Å². The highest BCUT2D eigenvalue weighted by atomic mass is 19.1. The summed E-state index contributed by atoms with van der Waals surface area (Å²) in [4.78, 5) is 26.5. The van der Waals surface area contributed by atoms with E-state index in [0.717, 1.165) is 13.1 Å². The molecule has 2 amide bonds. The lowest BCUT2D eigenvalue weighted by atomic mass is 10.2. The summed E-state index contributed by atoms with van der Waals surface area (Å²) in [5.74, 6) is 0.432. The lowest BCUT2D eigenvalue weighted by Crippen LogP contribution is -2.33. The van der Waals surface area contributed by atoms with Crippen molar-refractivity contribution in [3.05, 3.63) is 24.0 Å². The fourth-order valence-corrected chi connectivity index (χ4v) is 4.27. The summed E-state index contributed by atoms with van der Waals surface area (Å²) < 4.78 is 20.0. The SMILES string of the molecule is CC(=O)NC[C@H]1CN(c2ccc(N3C[C@@H]4C(NCCO)[C@@H]4C3)c(F)c2)C(=O)O1. The van der Waals surface area contributed by atoms with Crippen molar-refractivity contribution in [2.45, 2.75) is 19.1 Å². The standard InChI is InChI=1S/C19H25FN4O4/c1-11(26)22-7-13-8-24(19(27)28-13)12-2-3-17(16(20)6-12)23-9-14-15(10-23)18(14)21-4-5-25/h2-3,6,13-15,18,21,25H,4-5,7-10H2,1H3,(H,22,26)/t13-,14-,15+,18?/m0/s1. The van der Waals surface area contributed by atoms with E-state index in [1.807, 2.05) is 4.90 Å². The predicted octanol–water partition coefficient (Wildman–Crippen LogP) is 0.303. The van der Waals surface area contributed by atoms with Crippen LogP contribution in [0.2, 0.25) is 0 Å². The number of piperidine rings is 1. The first-order valence-electron chi connectivity index (χ1n) is 9.59. The van der Waals surface area contributed by atoms with Crippen molar-refractivity contribution in [3.63, 3.8) is 0 Å². The number of hydrogen-bond acceptors (Lipinski definition) is 6. The van der Waals surface area contributed by atoms with Crippen molar-refractivity contribution >= 4 is 23.4 Å². The summed E-state index contributed by atoms with van der Waals surface area (Å²) in [6, 6.07) is 5.22. The van der Waals surface area contributed by atoms with Crippen LogP contribution < -0.4 is 20.4 Å². The van der Waals surface area contributed by atoms with Crippen molar-refractivity contribution in [2.75, 3.05) is 49.1 Å². The molecule has 3 fully saturated rings. The van der Waals surface area contributed by atoms with E-state index in [2.05, 4.69) is 10.6 Å². The van der Waals surface area contributed by atoms with E-state index in [1.54, 1.807) is 12.1 Å². The Bertz CT molecular complexity index is 764. The third-order valence-corrected chi connectivity index (χ3v) is 5.72. The number of halogens is 1. The lowest BCUT2D eigenvalue weighted by Gasteiger charge is -2.24. The second kappa shape index (κ2) is 7.56. The van der Waals surface area contributed by atoms with Crippen molar-refractivity contribution in [1.29, 1.82) is 0 Å². The molecule has 9 heteroatoms. The summed E-state index contributed by atoms with van der Waals surface area (Å²) in [6.07, 6.45) is -0.990. The van der Waals surface area contributed by atoms with Gasteiger partial charge in [-0.25, -0.2) is 9.18 Å². The lowest BCUT2D eigenvalue weighted by molar-refractivity contribution is -0.119. The molecule has 152 valence electrons. The number of amides is 2. The number of benzene rings is 1. The van der Waals surface area contributed by atoms with E-state index in [4.69, 9.17) is 9.84 Å². The van der Waals surface area contributed by atoms with Crippen molar-refractivity contribution in [3.8, 4) is 0 Å². The van der Waals surface area contributed by atoms with Gasteiger partial charge in [0.2, 0.25) is 5.91 Å². The Kier molecular flexibility index (Phi) is 5.11. The Morgan fingerprint density at radius 3 is 2.71 bits per heavy atom. The Morgan fingerprint density at radius 1 is 1.32 bits per heavy atom. The van der Waals surface area contributed by atoms with Crippen LogP contribution >= 0.6 is 0 Å². The fourth-order valence-electron chi connectivity index (χ4n) is 4.27. The highest BCUT2D eigenvalue weighted by molar-refractivity contribution is 5.90. The normalized spacial score (nSPS) is 28.3. The monoisotopic (exact) mass is 392 g/mol.